The minimum absolute atomic E-state index is 0.141. The fraction of sp³-hybridized carbons (Fsp3) is 0.471. The molecule has 2 aromatic rings. The third-order valence-electron chi connectivity index (χ3n) is 4.29. The molecule has 1 amide bonds. The van der Waals surface area contributed by atoms with E-state index in [2.05, 4.69) is 25.1 Å². The smallest absolute Gasteiger partial charge is 0.269 e. The molecule has 3 rings (SSSR count). The van der Waals surface area contributed by atoms with E-state index in [1.165, 1.54) is 0 Å². The molecule has 1 aliphatic heterocycles. The van der Waals surface area contributed by atoms with Crippen LogP contribution in [0.2, 0.25) is 0 Å². The Morgan fingerprint density at radius 1 is 1.25 bits per heavy atom. The summed E-state index contributed by atoms with van der Waals surface area (Å²) in [6.07, 6.45) is 0.689. The van der Waals surface area contributed by atoms with Crippen LogP contribution in [-0.2, 0) is 14.8 Å². The van der Waals surface area contributed by atoms with E-state index in [9.17, 15) is 13.2 Å². The number of ether oxygens (including phenoxy) is 1. The van der Waals surface area contributed by atoms with Crippen LogP contribution in [0.4, 0.5) is 5.13 Å². The molecule has 1 saturated heterocycles. The molecule has 0 unspecified atom stereocenters. The van der Waals surface area contributed by atoms with Gasteiger partial charge in [0, 0.05) is 25.2 Å². The summed E-state index contributed by atoms with van der Waals surface area (Å²) in [5.41, 5.74) is 1.32. The molecule has 0 spiro atoms. The molecule has 1 aliphatic rings. The molecule has 0 saturated carbocycles. The molecule has 0 radical (unpaired) electrons. The normalized spacial score (nSPS) is 15.5. The summed E-state index contributed by atoms with van der Waals surface area (Å²) in [6, 6.07) is 7.12. The Labute approximate surface area is 168 Å². The number of nitrogens with zero attached hydrogens (tertiary/aromatic N) is 3. The molecule has 11 heteroatoms. The van der Waals surface area contributed by atoms with Gasteiger partial charge in [-0.3, -0.25) is 15.0 Å². The Morgan fingerprint density at radius 3 is 2.75 bits per heavy atom. The molecule has 28 heavy (non-hydrogen) atoms. The predicted octanol–water partition coefficient (Wildman–Crippen LogP) is 1.10. The fourth-order valence-electron chi connectivity index (χ4n) is 2.76. The van der Waals surface area contributed by atoms with E-state index in [4.69, 9.17) is 4.74 Å². The van der Waals surface area contributed by atoms with Gasteiger partial charge >= 0.3 is 0 Å². The number of benzene rings is 1. The number of morpholine rings is 1. The van der Waals surface area contributed by atoms with Gasteiger partial charge in [-0.05, 0) is 31.5 Å². The van der Waals surface area contributed by atoms with E-state index in [1.807, 2.05) is 19.1 Å². The average molecular weight is 426 g/mol. The van der Waals surface area contributed by atoms with Crippen LogP contribution in [0.5, 0.6) is 0 Å². The minimum atomic E-state index is -3.75. The maximum absolute atomic E-state index is 12.4. The average Bonchev–Trinajstić information content (AvgIpc) is 3.16. The summed E-state index contributed by atoms with van der Waals surface area (Å²) < 4.78 is 32.4. The lowest BCUT2D eigenvalue weighted by Gasteiger charge is -2.26. The number of hydrogen-bond donors (Lipinski definition) is 2. The molecule has 9 nitrogen and oxygen atoms in total. The number of aromatic nitrogens is 2. The highest BCUT2D eigenvalue weighted by molar-refractivity contribution is 7.91. The number of hydrogen-bond acceptors (Lipinski definition) is 8. The summed E-state index contributed by atoms with van der Waals surface area (Å²) in [4.78, 5) is 14.5. The summed E-state index contributed by atoms with van der Waals surface area (Å²) >= 11 is 0.823. The van der Waals surface area contributed by atoms with Crippen LogP contribution < -0.4 is 10.0 Å². The quantitative estimate of drug-likeness (QED) is 0.481. The lowest BCUT2D eigenvalue weighted by atomic mass is 10.1. The standard InChI is InChI=1S/C17H23N5O4S2/c1-13-5-2-3-6-14(13)15(23)19-16-20-21-17(27-16)28(24,25)18-7-4-8-22-9-11-26-12-10-22/h2-3,5-6,18H,4,7-12H2,1H3,(H,19,20,23). The van der Waals surface area contributed by atoms with Crippen LogP contribution in [0, 0.1) is 6.92 Å². The van der Waals surface area contributed by atoms with Crippen molar-refractivity contribution in [3.05, 3.63) is 35.4 Å². The van der Waals surface area contributed by atoms with Crippen molar-refractivity contribution >= 4 is 32.4 Å². The van der Waals surface area contributed by atoms with Crippen molar-refractivity contribution in [3.8, 4) is 0 Å². The Kier molecular flexibility index (Phi) is 7.08. The van der Waals surface area contributed by atoms with Gasteiger partial charge in [-0.1, -0.05) is 29.5 Å². The maximum atomic E-state index is 12.4. The van der Waals surface area contributed by atoms with Gasteiger partial charge in [0.2, 0.25) is 9.47 Å². The monoisotopic (exact) mass is 425 g/mol. The van der Waals surface area contributed by atoms with Gasteiger partial charge in [0.05, 0.1) is 13.2 Å². The second-order valence-electron chi connectivity index (χ2n) is 6.35. The topological polar surface area (TPSA) is 114 Å². The molecular weight excluding hydrogens is 402 g/mol. The summed E-state index contributed by atoms with van der Waals surface area (Å²) in [7, 11) is -3.75. The van der Waals surface area contributed by atoms with Gasteiger partial charge in [0.25, 0.3) is 15.9 Å². The number of carbonyl (C=O) groups is 1. The first-order valence-corrected chi connectivity index (χ1v) is 11.3. The highest BCUT2D eigenvalue weighted by atomic mass is 32.2. The first-order valence-electron chi connectivity index (χ1n) is 8.96. The third kappa shape index (κ3) is 5.55. The number of amides is 1. The Hall–Kier alpha value is -1.92. The molecule has 152 valence electrons. The van der Waals surface area contributed by atoms with E-state index in [0.717, 1.165) is 36.5 Å². The Balaban J connectivity index is 1.51. The molecule has 1 aromatic carbocycles. The highest BCUT2D eigenvalue weighted by Gasteiger charge is 2.21. The van der Waals surface area contributed by atoms with Gasteiger partial charge in [0.15, 0.2) is 0 Å². The van der Waals surface area contributed by atoms with Crippen LogP contribution in [0.3, 0.4) is 0 Å². The zero-order valence-corrected chi connectivity index (χ0v) is 17.2. The van der Waals surface area contributed by atoms with Crippen LogP contribution in [0.15, 0.2) is 28.6 Å². The fourth-order valence-corrected chi connectivity index (χ4v) is 4.77. The summed E-state index contributed by atoms with van der Waals surface area (Å²) in [5.74, 6) is -0.350. The van der Waals surface area contributed by atoms with E-state index < -0.39 is 10.0 Å². The summed E-state index contributed by atoms with van der Waals surface area (Å²) in [6.45, 7) is 6.11. The van der Waals surface area contributed by atoms with Crippen LogP contribution in [-0.4, -0.2) is 68.8 Å². The van der Waals surface area contributed by atoms with Crippen LogP contribution in [0.1, 0.15) is 22.3 Å². The molecule has 2 heterocycles. The number of carbonyl (C=O) groups excluding carboxylic acids is 1. The van der Waals surface area contributed by atoms with E-state index in [1.54, 1.807) is 12.1 Å². The lowest BCUT2D eigenvalue weighted by Crippen LogP contribution is -2.38. The highest BCUT2D eigenvalue weighted by Crippen LogP contribution is 2.21. The number of rotatable bonds is 8. The van der Waals surface area contributed by atoms with Gasteiger partial charge in [0.1, 0.15) is 0 Å². The first kappa shape index (κ1) is 20.8. The SMILES string of the molecule is Cc1ccccc1C(=O)Nc1nnc(S(=O)(=O)NCCCN2CCOCC2)s1. The number of nitrogens with one attached hydrogen (secondary N) is 2. The lowest BCUT2D eigenvalue weighted by molar-refractivity contribution is 0.0376. The second kappa shape index (κ2) is 9.52. The molecule has 2 N–H and O–H groups in total. The van der Waals surface area contributed by atoms with Crippen molar-refractivity contribution in [2.24, 2.45) is 0 Å². The zero-order chi connectivity index (χ0) is 20.0. The van der Waals surface area contributed by atoms with E-state index >= 15 is 0 Å². The van der Waals surface area contributed by atoms with Crippen molar-refractivity contribution < 1.29 is 17.9 Å². The minimum Gasteiger partial charge on any atom is -0.379 e. The van der Waals surface area contributed by atoms with Crippen molar-refractivity contribution in [2.45, 2.75) is 17.7 Å². The molecule has 0 bridgehead atoms. The van der Waals surface area contributed by atoms with Crippen LogP contribution >= 0.6 is 11.3 Å². The largest absolute Gasteiger partial charge is 0.379 e. The molecule has 0 aliphatic carbocycles. The third-order valence-corrected chi connectivity index (χ3v) is 6.96. The Morgan fingerprint density at radius 2 is 2.00 bits per heavy atom. The molecule has 1 aromatic heterocycles. The van der Waals surface area contributed by atoms with Crippen molar-refractivity contribution in [1.82, 2.24) is 19.8 Å². The van der Waals surface area contributed by atoms with Crippen molar-refractivity contribution in [3.63, 3.8) is 0 Å². The molecular formula is C17H23N5O4S2. The zero-order valence-electron chi connectivity index (χ0n) is 15.6. The van der Waals surface area contributed by atoms with E-state index in [-0.39, 0.29) is 15.4 Å². The second-order valence-corrected chi connectivity index (χ2v) is 9.27. The van der Waals surface area contributed by atoms with Gasteiger partial charge in [-0.15, -0.1) is 10.2 Å². The van der Waals surface area contributed by atoms with E-state index in [0.29, 0.717) is 31.7 Å². The maximum Gasteiger partial charge on any atom is 0.269 e. The summed E-state index contributed by atoms with van der Waals surface area (Å²) in [5, 5.41) is 10.2. The first-order chi connectivity index (χ1) is 13.5. The molecule has 1 fully saturated rings. The van der Waals surface area contributed by atoms with Crippen LogP contribution in [0.25, 0.3) is 0 Å². The van der Waals surface area contributed by atoms with Gasteiger partial charge < -0.3 is 4.74 Å². The van der Waals surface area contributed by atoms with Crippen molar-refractivity contribution in [2.75, 3.05) is 44.7 Å². The van der Waals surface area contributed by atoms with Gasteiger partial charge in [-0.2, -0.15) is 0 Å². The van der Waals surface area contributed by atoms with Gasteiger partial charge in [-0.25, -0.2) is 13.1 Å². The number of anilines is 1. The number of aryl methyl sites for hydroxylation is 1. The predicted molar refractivity (Wildman–Crippen MR) is 106 cm³/mol. The number of sulfonamides is 1. The molecule has 0 atom stereocenters. The Bertz CT molecular complexity index is 910. The van der Waals surface area contributed by atoms with Crippen molar-refractivity contribution in [1.29, 1.82) is 0 Å².